The third kappa shape index (κ3) is 3.94. The van der Waals surface area contributed by atoms with E-state index in [-0.39, 0.29) is 11.3 Å². The summed E-state index contributed by atoms with van der Waals surface area (Å²) < 4.78 is 5.95. The highest BCUT2D eigenvalue weighted by atomic mass is 16.3. The molecule has 0 spiro atoms. The molecule has 1 N–H and O–H groups in total. The fraction of sp³-hybridized carbons (Fsp3) is 0.125. The first-order valence-corrected chi connectivity index (χ1v) is 9.41. The van der Waals surface area contributed by atoms with E-state index in [1.54, 1.807) is 42.7 Å². The van der Waals surface area contributed by atoms with Crippen LogP contribution in [0.2, 0.25) is 0 Å². The van der Waals surface area contributed by atoms with E-state index in [2.05, 4.69) is 24.1 Å². The van der Waals surface area contributed by atoms with Crippen LogP contribution in [0.15, 0.2) is 82.3 Å². The van der Waals surface area contributed by atoms with Gasteiger partial charge in [-0.1, -0.05) is 38.1 Å². The van der Waals surface area contributed by atoms with E-state index in [9.17, 15) is 9.59 Å². The van der Waals surface area contributed by atoms with E-state index in [1.807, 2.05) is 24.3 Å². The van der Waals surface area contributed by atoms with Crippen molar-refractivity contribution in [2.45, 2.75) is 19.8 Å². The predicted octanol–water partition coefficient (Wildman–Crippen LogP) is 5.23. The molecule has 0 aliphatic rings. The van der Waals surface area contributed by atoms with Gasteiger partial charge in [-0.2, -0.15) is 0 Å². The summed E-state index contributed by atoms with van der Waals surface area (Å²) in [6, 6.07) is 17.8. The van der Waals surface area contributed by atoms with Crippen LogP contribution >= 0.6 is 0 Å². The third-order valence-corrected chi connectivity index (χ3v) is 4.79. The van der Waals surface area contributed by atoms with Crippen molar-refractivity contribution in [2.24, 2.45) is 0 Å². The van der Waals surface area contributed by atoms with Gasteiger partial charge in [0.15, 0.2) is 5.43 Å². The predicted molar refractivity (Wildman–Crippen MR) is 114 cm³/mol. The lowest BCUT2D eigenvalue weighted by Crippen LogP contribution is -2.12. The van der Waals surface area contributed by atoms with Crippen LogP contribution in [0.1, 0.15) is 35.7 Å². The molecule has 0 fully saturated rings. The summed E-state index contributed by atoms with van der Waals surface area (Å²) in [5.41, 5.74) is 3.42. The summed E-state index contributed by atoms with van der Waals surface area (Å²) in [5, 5.41) is 3.21. The number of carbonyl (C=O) groups excluding carboxylic acids is 1. The first kappa shape index (κ1) is 18.6. The van der Waals surface area contributed by atoms with Crippen LogP contribution in [0, 0.1) is 0 Å². The van der Waals surface area contributed by atoms with Gasteiger partial charge in [-0.05, 0) is 41.8 Å². The summed E-state index contributed by atoms with van der Waals surface area (Å²) in [6.45, 7) is 4.27. The highest BCUT2D eigenvalue weighted by Gasteiger charge is 2.11. The van der Waals surface area contributed by atoms with E-state index >= 15 is 0 Å². The number of anilines is 1. The standard InChI is InChI=1S/C24H20N2O3/c1-15(2)16-3-5-17(6-4-16)23-14-21(27)20-13-19(7-8-22(20)29-23)26-24(28)18-9-11-25-12-10-18/h3-15H,1-2H3,(H,26,28). The summed E-state index contributed by atoms with van der Waals surface area (Å²) in [7, 11) is 0. The van der Waals surface area contributed by atoms with Crippen LogP contribution in [-0.2, 0) is 0 Å². The Labute approximate surface area is 168 Å². The van der Waals surface area contributed by atoms with Crippen LogP contribution in [0.25, 0.3) is 22.3 Å². The minimum atomic E-state index is -0.266. The molecular formula is C24H20N2O3. The second-order valence-electron chi connectivity index (χ2n) is 7.15. The number of hydrogen-bond donors (Lipinski definition) is 1. The van der Waals surface area contributed by atoms with Crippen molar-refractivity contribution in [3.8, 4) is 11.3 Å². The molecule has 5 nitrogen and oxygen atoms in total. The number of nitrogens with zero attached hydrogens (tertiary/aromatic N) is 1. The summed E-state index contributed by atoms with van der Waals surface area (Å²) >= 11 is 0. The Hall–Kier alpha value is -3.73. The average molecular weight is 384 g/mol. The van der Waals surface area contributed by atoms with E-state index in [0.717, 1.165) is 5.56 Å². The van der Waals surface area contributed by atoms with Gasteiger partial charge in [0, 0.05) is 35.3 Å². The summed E-state index contributed by atoms with van der Waals surface area (Å²) in [5.74, 6) is 0.692. The quantitative estimate of drug-likeness (QED) is 0.523. The topological polar surface area (TPSA) is 72.2 Å². The van der Waals surface area contributed by atoms with Gasteiger partial charge in [0.1, 0.15) is 11.3 Å². The Balaban J connectivity index is 1.65. The zero-order chi connectivity index (χ0) is 20.4. The summed E-state index contributed by atoms with van der Waals surface area (Å²) in [6.07, 6.45) is 3.11. The minimum absolute atomic E-state index is 0.158. The highest BCUT2D eigenvalue weighted by Crippen LogP contribution is 2.25. The van der Waals surface area contributed by atoms with Crippen LogP contribution in [-0.4, -0.2) is 10.9 Å². The molecule has 0 saturated heterocycles. The Morgan fingerprint density at radius 1 is 0.966 bits per heavy atom. The highest BCUT2D eigenvalue weighted by molar-refractivity contribution is 6.04. The number of amides is 1. The molecule has 0 atom stereocenters. The Kier molecular flexibility index (Phi) is 4.96. The van der Waals surface area contributed by atoms with Gasteiger partial charge in [0.05, 0.1) is 5.39 Å². The molecule has 29 heavy (non-hydrogen) atoms. The van der Waals surface area contributed by atoms with Crippen LogP contribution < -0.4 is 10.7 Å². The molecule has 0 unspecified atom stereocenters. The molecule has 4 rings (SSSR count). The van der Waals surface area contributed by atoms with Gasteiger partial charge in [-0.25, -0.2) is 0 Å². The van der Waals surface area contributed by atoms with Gasteiger partial charge in [0.2, 0.25) is 0 Å². The van der Waals surface area contributed by atoms with Crippen LogP contribution in [0.5, 0.6) is 0 Å². The normalized spacial score (nSPS) is 11.0. The van der Waals surface area contributed by atoms with E-state index in [0.29, 0.717) is 33.9 Å². The lowest BCUT2D eigenvalue weighted by Gasteiger charge is -2.09. The molecule has 1 amide bonds. The Bertz CT molecular complexity index is 1230. The van der Waals surface area contributed by atoms with E-state index in [1.165, 1.54) is 11.6 Å². The van der Waals surface area contributed by atoms with Crippen LogP contribution in [0.3, 0.4) is 0 Å². The first-order valence-electron chi connectivity index (χ1n) is 9.41. The zero-order valence-corrected chi connectivity index (χ0v) is 16.2. The molecule has 2 heterocycles. The van der Waals surface area contributed by atoms with Crippen molar-refractivity contribution in [2.75, 3.05) is 5.32 Å². The van der Waals surface area contributed by atoms with Crippen molar-refractivity contribution >= 4 is 22.6 Å². The van der Waals surface area contributed by atoms with Crippen molar-refractivity contribution < 1.29 is 9.21 Å². The molecule has 2 aromatic heterocycles. The molecule has 2 aromatic carbocycles. The number of fused-ring (bicyclic) bond motifs is 1. The van der Waals surface area contributed by atoms with Crippen molar-refractivity contribution in [3.63, 3.8) is 0 Å². The lowest BCUT2D eigenvalue weighted by atomic mass is 10.0. The number of benzene rings is 2. The average Bonchev–Trinajstić information content (AvgIpc) is 2.74. The van der Waals surface area contributed by atoms with Gasteiger partial charge in [-0.15, -0.1) is 0 Å². The molecule has 0 bridgehead atoms. The minimum Gasteiger partial charge on any atom is -0.456 e. The Morgan fingerprint density at radius 2 is 1.69 bits per heavy atom. The van der Waals surface area contributed by atoms with Crippen molar-refractivity contribution in [3.05, 3.63) is 94.4 Å². The molecule has 0 aliphatic heterocycles. The first-order chi connectivity index (χ1) is 14.0. The molecule has 5 heteroatoms. The SMILES string of the molecule is CC(C)c1ccc(-c2cc(=O)c3cc(NC(=O)c4ccncc4)ccc3o2)cc1. The fourth-order valence-corrected chi connectivity index (χ4v) is 3.12. The second-order valence-corrected chi connectivity index (χ2v) is 7.15. The number of nitrogens with one attached hydrogen (secondary N) is 1. The van der Waals surface area contributed by atoms with Gasteiger partial charge in [0.25, 0.3) is 5.91 Å². The number of hydrogen-bond acceptors (Lipinski definition) is 4. The maximum atomic E-state index is 12.7. The molecule has 0 aliphatic carbocycles. The number of rotatable bonds is 4. The van der Waals surface area contributed by atoms with Gasteiger partial charge < -0.3 is 9.73 Å². The maximum Gasteiger partial charge on any atom is 0.255 e. The molecule has 144 valence electrons. The van der Waals surface area contributed by atoms with E-state index < -0.39 is 0 Å². The monoisotopic (exact) mass is 384 g/mol. The van der Waals surface area contributed by atoms with Gasteiger partial charge in [-0.3, -0.25) is 14.6 Å². The zero-order valence-electron chi connectivity index (χ0n) is 16.2. The Morgan fingerprint density at radius 3 is 2.38 bits per heavy atom. The lowest BCUT2D eigenvalue weighted by molar-refractivity contribution is 0.102. The van der Waals surface area contributed by atoms with Gasteiger partial charge >= 0.3 is 0 Å². The third-order valence-electron chi connectivity index (χ3n) is 4.79. The largest absolute Gasteiger partial charge is 0.456 e. The number of aromatic nitrogens is 1. The molecule has 0 saturated carbocycles. The van der Waals surface area contributed by atoms with Crippen molar-refractivity contribution in [1.29, 1.82) is 0 Å². The smallest absolute Gasteiger partial charge is 0.255 e. The fourth-order valence-electron chi connectivity index (χ4n) is 3.12. The molecular weight excluding hydrogens is 364 g/mol. The summed E-state index contributed by atoms with van der Waals surface area (Å²) in [4.78, 5) is 28.9. The van der Waals surface area contributed by atoms with Crippen molar-refractivity contribution in [1.82, 2.24) is 4.98 Å². The molecule has 4 aromatic rings. The maximum absolute atomic E-state index is 12.7. The van der Waals surface area contributed by atoms with E-state index in [4.69, 9.17) is 4.42 Å². The second kappa shape index (κ2) is 7.72. The number of carbonyl (C=O) groups is 1. The number of pyridine rings is 1. The van der Waals surface area contributed by atoms with Crippen LogP contribution in [0.4, 0.5) is 5.69 Å². The molecule has 0 radical (unpaired) electrons.